The summed E-state index contributed by atoms with van der Waals surface area (Å²) in [6, 6.07) is 6.99. The van der Waals surface area contributed by atoms with Crippen molar-refractivity contribution < 1.29 is 30.8 Å². The van der Waals surface area contributed by atoms with Gasteiger partial charge in [0.25, 0.3) is 0 Å². The number of rotatable bonds is 7. The van der Waals surface area contributed by atoms with Gasteiger partial charge in [0.15, 0.2) is 0 Å². The molecule has 0 atom stereocenters. The van der Waals surface area contributed by atoms with Gasteiger partial charge in [-0.3, -0.25) is 14.4 Å². The Labute approximate surface area is 165 Å². The highest BCUT2D eigenvalue weighted by molar-refractivity contribution is 7.89. The molecule has 0 radical (unpaired) electrons. The van der Waals surface area contributed by atoms with Crippen LogP contribution in [0.15, 0.2) is 58.7 Å². The molecule has 0 N–H and O–H groups in total. The molecular formula is C18H19F4N3O3S. The minimum Gasteiger partial charge on any atom is -0.295 e. The Kier molecular flexibility index (Phi) is 7.31. The predicted molar refractivity (Wildman–Crippen MR) is 97.0 cm³/mol. The number of hydrogen-bond donors (Lipinski definition) is 0. The van der Waals surface area contributed by atoms with E-state index >= 15 is 0 Å². The van der Waals surface area contributed by atoms with Crippen LogP contribution in [0, 0.1) is 5.82 Å². The van der Waals surface area contributed by atoms with E-state index in [-0.39, 0.29) is 35.5 Å². The van der Waals surface area contributed by atoms with Crippen molar-refractivity contribution in [3.8, 4) is 0 Å². The molecule has 0 aliphatic carbocycles. The van der Waals surface area contributed by atoms with E-state index in [1.54, 1.807) is 0 Å². The van der Waals surface area contributed by atoms with Gasteiger partial charge in [0.1, 0.15) is 12.4 Å². The molecule has 11 heteroatoms. The number of halogens is 4. The van der Waals surface area contributed by atoms with Crippen LogP contribution >= 0.6 is 0 Å². The summed E-state index contributed by atoms with van der Waals surface area (Å²) in [5, 5.41) is 0.0940. The van der Waals surface area contributed by atoms with Crippen molar-refractivity contribution in [2.45, 2.75) is 23.9 Å². The lowest BCUT2D eigenvalue weighted by atomic mass is 10.3. The monoisotopic (exact) mass is 433 g/mol. The van der Waals surface area contributed by atoms with Gasteiger partial charge < -0.3 is 0 Å². The van der Waals surface area contributed by atoms with E-state index in [2.05, 4.69) is 4.99 Å². The quantitative estimate of drug-likeness (QED) is 0.631. The van der Waals surface area contributed by atoms with Crippen molar-refractivity contribution in [1.82, 2.24) is 8.87 Å². The van der Waals surface area contributed by atoms with Crippen LogP contribution in [0.25, 0.3) is 0 Å². The summed E-state index contributed by atoms with van der Waals surface area (Å²) in [6.45, 7) is -1.25. The van der Waals surface area contributed by atoms with E-state index in [0.29, 0.717) is 0 Å². The molecule has 0 aliphatic heterocycles. The van der Waals surface area contributed by atoms with Gasteiger partial charge in [-0.25, -0.2) is 17.1 Å². The van der Waals surface area contributed by atoms with Gasteiger partial charge >= 0.3 is 6.18 Å². The maximum Gasteiger partial charge on any atom is 0.407 e. The summed E-state index contributed by atoms with van der Waals surface area (Å²) in [6.07, 6.45) is -1.55. The fourth-order valence-corrected chi connectivity index (χ4v) is 3.57. The summed E-state index contributed by atoms with van der Waals surface area (Å²) in [5.74, 6) is -0.897. The summed E-state index contributed by atoms with van der Waals surface area (Å²) in [4.78, 5) is 15.5. The van der Waals surface area contributed by atoms with Gasteiger partial charge in [0, 0.05) is 32.4 Å². The number of benzene rings is 1. The molecule has 1 aromatic heterocycles. The number of hydrogen-bond acceptors (Lipinski definition) is 4. The molecule has 1 heterocycles. The van der Waals surface area contributed by atoms with Crippen molar-refractivity contribution >= 4 is 15.9 Å². The molecule has 1 aromatic carbocycles. The molecular weight excluding hydrogens is 414 g/mol. The first kappa shape index (κ1) is 22.8. The molecule has 0 amide bonds. The van der Waals surface area contributed by atoms with Gasteiger partial charge in [-0.05, 0) is 42.8 Å². The Morgan fingerprint density at radius 3 is 2.24 bits per heavy atom. The summed E-state index contributed by atoms with van der Waals surface area (Å²) >= 11 is 0. The highest BCUT2D eigenvalue weighted by atomic mass is 32.2. The van der Waals surface area contributed by atoms with E-state index in [4.69, 9.17) is 0 Å². The third-order valence-electron chi connectivity index (χ3n) is 3.93. The number of carbonyl (C=O) groups excluding carboxylic acids is 1. The van der Waals surface area contributed by atoms with Gasteiger partial charge in [-0.2, -0.15) is 13.2 Å². The molecule has 0 unspecified atom stereocenters. The second kappa shape index (κ2) is 9.31. The number of pyridine rings is 1. The minimum absolute atomic E-state index is 0.0208. The number of nitrogens with zero attached hydrogens (tertiary/aromatic N) is 3. The Morgan fingerprint density at radius 1 is 1.10 bits per heavy atom. The Bertz CT molecular complexity index is 995. The predicted octanol–water partition coefficient (Wildman–Crippen LogP) is 2.83. The summed E-state index contributed by atoms with van der Waals surface area (Å²) in [7, 11) is -2.44. The van der Waals surface area contributed by atoms with Crippen molar-refractivity contribution in [2.75, 3.05) is 20.1 Å². The van der Waals surface area contributed by atoms with Crippen molar-refractivity contribution in [2.24, 2.45) is 4.99 Å². The highest BCUT2D eigenvalue weighted by Crippen LogP contribution is 2.15. The van der Waals surface area contributed by atoms with Gasteiger partial charge in [-0.1, -0.05) is 0 Å². The molecule has 0 fully saturated rings. The van der Waals surface area contributed by atoms with Crippen LogP contribution in [0.4, 0.5) is 17.6 Å². The van der Waals surface area contributed by atoms with Crippen molar-refractivity contribution in [3.05, 3.63) is 60.0 Å². The first-order valence-electron chi connectivity index (χ1n) is 8.50. The average Bonchev–Trinajstić information content (AvgIpc) is 2.66. The zero-order valence-corrected chi connectivity index (χ0v) is 16.3. The van der Waals surface area contributed by atoms with Crippen LogP contribution in [0.1, 0.15) is 17.6 Å². The molecule has 158 valence electrons. The fourth-order valence-electron chi connectivity index (χ4n) is 2.36. The van der Waals surface area contributed by atoms with Gasteiger partial charge in [0.05, 0.1) is 10.3 Å². The van der Waals surface area contributed by atoms with Gasteiger partial charge in [0.2, 0.25) is 15.9 Å². The van der Waals surface area contributed by atoms with Crippen LogP contribution in [0.3, 0.4) is 0 Å². The third-order valence-corrected chi connectivity index (χ3v) is 5.80. The maximum absolute atomic E-state index is 12.9. The Balaban J connectivity index is 1.91. The molecule has 0 aliphatic rings. The second-order valence-corrected chi connectivity index (χ2v) is 8.22. The van der Waals surface area contributed by atoms with Crippen molar-refractivity contribution in [3.63, 3.8) is 0 Å². The molecule has 29 heavy (non-hydrogen) atoms. The van der Waals surface area contributed by atoms with E-state index < -0.39 is 28.6 Å². The van der Waals surface area contributed by atoms with E-state index in [9.17, 15) is 30.8 Å². The smallest absolute Gasteiger partial charge is 0.295 e. The normalized spacial score (nSPS) is 12.2. The first-order valence-corrected chi connectivity index (χ1v) is 9.94. The SMILES string of the molecule is CN(CCCC(=O)n1ccc(=NCC(F)(F)F)cc1)S(=O)(=O)c1ccc(F)cc1. The van der Waals surface area contributed by atoms with E-state index in [1.165, 1.54) is 36.1 Å². The topological polar surface area (TPSA) is 71.7 Å². The zero-order chi connectivity index (χ0) is 21.7. The lowest BCUT2D eigenvalue weighted by molar-refractivity contribution is -0.118. The zero-order valence-electron chi connectivity index (χ0n) is 15.4. The highest BCUT2D eigenvalue weighted by Gasteiger charge is 2.26. The van der Waals surface area contributed by atoms with Crippen LogP contribution in [0.5, 0.6) is 0 Å². The van der Waals surface area contributed by atoms with E-state index in [1.807, 2.05) is 0 Å². The number of aromatic nitrogens is 1. The lowest BCUT2D eigenvalue weighted by Crippen LogP contribution is -2.28. The van der Waals surface area contributed by atoms with E-state index in [0.717, 1.165) is 28.6 Å². The summed E-state index contributed by atoms with van der Waals surface area (Å²) < 4.78 is 76.4. The molecule has 6 nitrogen and oxygen atoms in total. The maximum atomic E-state index is 12.9. The average molecular weight is 433 g/mol. The Morgan fingerprint density at radius 2 is 1.69 bits per heavy atom. The molecule has 0 saturated carbocycles. The number of alkyl halides is 3. The molecule has 2 rings (SSSR count). The van der Waals surface area contributed by atoms with Gasteiger partial charge in [-0.15, -0.1) is 0 Å². The molecule has 0 saturated heterocycles. The van der Waals surface area contributed by atoms with Crippen molar-refractivity contribution in [1.29, 1.82) is 0 Å². The molecule has 0 bridgehead atoms. The second-order valence-electron chi connectivity index (χ2n) is 6.17. The van der Waals surface area contributed by atoms with Crippen LogP contribution < -0.4 is 5.36 Å². The molecule has 2 aromatic rings. The minimum atomic E-state index is -4.40. The largest absolute Gasteiger partial charge is 0.407 e. The third kappa shape index (κ3) is 6.79. The standard InChI is InChI=1S/C18H19F4N3O3S/c1-24(29(27,28)16-6-4-14(19)5-7-16)10-2-3-17(26)25-11-8-15(9-12-25)23-13-18(20,21)22/h4-9,11-12H,2-3,10,13H2,1H3. The number of sulfonamides is 1. The molecule has 0 spiro atoms. The first-order chi connectivity index (χ1) is 13.5. The Hall–Kier alpha value is -2.53. The summed E-state index contributed by atoms with van der Waals surface area (Å²) in [5.41, 5.74) is 0. The number of carbonyl (C=O) groups is 1. The van der Waals surface area contributed by atoms with Crippen LogP contribution in [-0.2, 0) is 10.0 Å². The lowest BCUT2D eigenvalue weighted by Gasteiger charge is -2.17. The fraction of sp³-hybridized carbons (Fsp3) is 0.333. The van der Waals surface area contributed by atoms with Crippen LogP contribution in [-0.4, -0.2) is 49.5 Å². The van der Waals surface area contributed by atoms with Crippen LogP contribution in [0.2, 0.25) is 0 Å².